The van der Waals surface area contributed by atoms with Crippen molar-refractivity contribution < 1.29 is 13.9 Å². The van der Waals surface area contributed by atoms with Gasteiger partial charge in [0.25, 0.3) is 5.91 Å². The summed E-state index contributed by atoms with van der Waals surface area (Å²) in [6, 6.07) is 22.5. The van der Waals surface area contributed by atoms with E-state index in [1.807, 2.05) is 61.5 Å². The second-order valence-electron chi connectivity index (χ2n) is 7.92. The SMILES string of the molecule is CCOc1ccc2cc([C@@H]3CC(c4ccccc4)=NN3C(=O)c3ccccc3F)c(Cl)nc2c1. The van der Waals surface area contributed by atoms with Crippen LogP contribution < -0.4 is 4.74 Å². The molecule has 5 rings (SSSR count). The van der Waals surface area contributed by atoms with Crippen molar-refractivity contribution in [3.05, 3.63) is 107 Å². The molecule has 170 valence electrons. The number of benzene rings is 3. The molecule has 0 saturated carbocycles. The van der Waals surface area contributed by atoms with Crippen molar-refractivity contribution in [1.29, 1.82) is 0 Å². The van der Waals surface area contributed by atoms with Crippen LogP contribution in [0.5, 0.6) is 5.75 Å². The standard InChI is InChI=1S/C27H21ClFN3O2/c1-2-34-19-13-12-18-14-21(26(28)30-23(18)15-19)25-16-24(17-8-4-3-5-9-17)31-32(25)27(33)20-10-6-7-11-22(20)29/h3-15,25H,2,16H2,1H3/t25-/m0/s1. The molecule has 1 aliphatic rings. The van der Waals surface area contributed by atoms with E-state index in [1.165, 1.54) is 17.1 Å². The van der Waals surface area contributed by atoms with Gasteiger partial charge >= 0.3 is 0 Å². The number of halogens is 2. The topological polar surface area (TPSA) is 54.8 Å². The van der Waals surface area contributed by atoms with Crippen molar-refractivity contribution in [2.75, 3.05) is 6.61 Å². The first-order valence-corrected chi connectivity index (χ1v) is 11.4. The van der Waals surface area contributed by atoms with Crippen LogP contribution in [-0.4, -0.2) is 28.2 Å². The van der Waals surface area contributed by atoms with Gasteiger partial charge in [0.05, 0.1) is 29.4 Å². The van der Waals surface area contributed by atoms with Crippen molar-refractivity contribution in [2.24, 2.45) is 5.10 Å². The third kappa shape index (κ3) is 4.13. The number of nitrogens with zero attached hydrogens (tertiary/aromatic N) is 3. The second-order valence-corrected chi connectivity index (χ2v) is 8.28. The summed E-state index contributed by atoms with van der Waals surface area (Å²) in [5.74, 6) is -0.420. The quantitative estimate of drug-likeness (QED) is 0.314. The van der Waals surface area contributed by atoms with Crippen LogP contribution in [0, 0.1) is 5.82 Å². The Hall–Kier alpha value is -3.77. The predicted octanol–water partition coefficient (Wildman–Crippen LogP) is 6.42. The molecule has 0 unspecified atom stereocenters. The number of aromatic nitrogens is 1. The van der Waals surface area contributed by atoms with Gasteiger partial charge < -0.3 is 4.74 Å². The van der Waals surface area contributed by atoms with Crippen molar-refractivity contribution in [3.63, 3.8) is 0 Å². The van der Waals surface area contributed by atoms with E-state index in [-0.39, 0.29) is 10.7 Å². The van der Waals surface area contributed by atoms with Crippen LogP contribution in [0.15, 0.2) is 84.0 Å². The Morgan fingerprint density at radius 1 is 1.09 bits per heavy atom. The van der Waals surface area contributed by atoms with Gasteiger partial charge in [0.2, 0.25) is 0 Å². The second kappa shape index (κ2) is 9.23. The van der Waals surface area contributed by atoms with Crippen LogP contribution in [-0.2, 0) is 0 Å². The van der Waals surface area contributed by atoms with Gasteiger partial charge in [0, 0.05) is 23.4 Å². The molecule has 4 aromatic rings. The van der Waals surface area contributed by atoms with Crippen LogP contribution in [0.4, 0.5) is 4.39 Å². The molecule has 0 N–H and O–H groups in total. The molecular weight excluding hydrogens is 453 g/mol. The summed E-state index contributed by atoms with van der Waals surface area (Å²) in [7, 11) is 0. The molecule has 3 aromatic carbocycles. The smallest absolute Gasteiger partial charge is 0.277 e. The summed E-state index contributed by atoms with van der Waals surface area (Å²) in [5.41, 5.74) is 2.91. The van der Waals surface area contributed by atoms with Gasteiger partial charge in [-0.1, -0.05) is 54.1 Å². The van der Waals surface area contributed by atoms with Crippen LogP contribution in [0.25, 0.3) is 10.9 Å². The number of ether oxygens (including phenoxy) is 1. The highest BCUT2D eigenvalue weighted by molar-refractivity contribution is 6.30. The first-order chi connectivity index (χ1) is 16.5. The van der Waals surface area contributed by atoms with Crippen LogP contribution in [0.1, 0.15) is 40.9 Å². The number of hydrogen-bond donors (Lipinski definition) is 0. The molecule has 0 radical (unpaired) electrons. The fourth-order valence-corrected chi connectivity index (χ4v) is 4.40. The Morgan fingerprint density at radius 3 is 2.62 bits per heavy atom. The monoisotopic (exact) mass is 473 g/mol. The summed E-state index contributed by atoms with van der Waals surface area (Å²) in [5, 5.41) is 7.07. The van der Waals surface area contributed by atoms with Crippen LogP contribution >= 0.6 is 11.6 Å². The number of fused-ring (bicyclic) bond motifs is 1. The molecule has 0 bridgehead atoms. The lowest BCUT2D eigenvalue weighted by Crippen LogP contribution is -2.28. The van der Waals surface area contributed by atoms with Gasteiger partial charge in [-0.25, -0.2) is 14.4 Å². The van der Waals surface area contributed by atoms with Gasteiger partial charge in [-0.3, -0.25) is 4.79 Å². The minimum Gasteiger partial charge on any atom is -0.494 e. The van der Waals surface area contributed by atoms with Gasteiger partial charge in [0.1, 0.15) is 16.7 Å². The summed E-state index contributed by atoms with van der Waals surface area (Å²) < 4.78 is 20.1. The maximum absolute atomic E-state index is 14.5. The zero-order chi connectivity index (χ0) is 23.7. The largest absolute Gasteiger partial charge is 0.494 e. The molecule has 0 saturated heterocycles. The van der Waals surface area contributed by atoms with E-state index in [0.29, 0.717) is 29.9 Å². The van der Waals surface area contributed by atoms with E-state index in [4.69, 9.17) is 16.3 Å². The number of hydrazone groups is 1. The lowest BCUT2D eigenvalue weighted by molar-refractivity contribution is 0.0706. The molecule has 7 heteroatoms. The zero-order valence-corrected chi connectivity index (χ0v) is 19.2. The van der Waals surface area contributed by atoms with Gasteiger partial charge in [-0.15, -0.1) is 0 Å². The summed E-state index contributed by atoms with van der Waals surface area (Å²) in [6.45, 7) is 2.46. The fourth-order valence-electron chi connectivity index (χ4n) is 4.13. The van der Waals surface area contributed by atoms with Crippen molar-refractivity contribution in [3.8, 4) is 5.75 Å². The summed E-state index contributed by atoms with van der Waals surface area (Å²) in [6.07, 6.45) is 0.425. The average Bonchev–Trinajstić information content (AvgIpc) is 3.29. The first kappa shape index (κ1) is 22.0. The first-order valence-electron chi connectivity index (χ1n) is 11.0. The zero-order valence-electron chi connectivity index (χ0n) is 18.4. The summed E-state index contributed by atoms with van der Waals surface area (Å²) in [4.78, 5) is 18.0. The Balaban J connectivity index is 1.59. The number of rotatable bonds is 5. The van der Waals surface area contributed by atoms with E-state index in [9.17, 15) is 9.18 Å². The number of pyridine rings is 1. The molecule has 0 fully saturated rings. The maximum atomic E-state index is 14.5. The van der Waals surface area contributed by atoms with E-state index >= 15 is 0 Å². The molecule has 2 heterocycles. The van der Waals surface area contributed by atoms with Crippen molar-refractivity contribution >= 4 is 34.1 Å². The van der Waals surface area contributed by atoms with Crippen molar-refractivity contribution in [1.82, 2.24) is 9.99 Å². The molecule has 34 heavy (non-hydrogen) atoms. The third-order valence-corrected chi connectivity index (χ3v) is 6.07. The van der Waals surface area contributed by atoms with E-state index in [0.717, 1.165) is 16.7 Å². The lowest BCUT2D eigenvalue weighted by atomic mass is 9.98. The molecule has 1 aromatic heterocycles. The van der Waals surface area contributed by atoms with E-state index in [2.05, 4.69) is 10.1 Å². The molecule has 0 spiro atoms. The number of amides is 1. The number of carbonyl (C=O) groups excluding carboxylic acids is 1. The normalized spacial score (nSPS) is 15.4. The van der Waals surface area contributed by atoms with Crippen molar-refractivity contribution in [2.45, 2.75) is 19.4 Å². The van der Waals surface area contributed by atoms with Crippen LogP contribution in [0.3, 0.4) is 0 Å². The maximum Gasteiger partial charge on any atom is 0.277 e. The molecule has 1 atom stereocenters. The van der Waals surface area contributed by atoms with Gasteiger partial charge in [-0.05, 0) is 42.8 Å². The Labute approximate surface area is 201 Å². The Bertz CT molecular complexity index is 1410. The minimum absolute atomic E-state index is 0.0446. The van der Waals surface area contributed by atoms with E-state index in [1.54, 1.807) is 12.1 Å². The molecular formula is C27H21ClFN3O2. The number of hydrogen-bond acceptors (Lipinski definition) is 4. The van der Waals surface area contributed by atoms with Gasteiger partial charge in [0.15, 0.2) is 0 Å². The highest BCUT2D eigenvalue weighted by atomic mass is 35.5. The molecule has 5 nitrogen and oxygen atoms in total. The highest BCUT2D eigenvalue weighted by Crippen LogP contribution is 2.38. The highest BCUT2D eigenvalue weighted by Gasteiger charge is 2.36. The minimum atomic E-state index is -0.596. The Kier molecular flexibility index (Phi) is 5.99. The van der Waals surface area contributed by atoms with Gasteiger partial charge in [-0.2, -0.15) is 5.10 Å². The molecule has 0 aliphatic carbocycles. The van der Waals surface area contributed by atoms with Crippen LogP contribution in [0.2, 0.25) is 5.15 Å². The summed E-state index contributed by atoms with van der Waals surface area (Å²) >= 11 is 6.64. The lowest BCUT2D eigenvalue weighted by Gasteiger charge is -2.23. The predicted molar refractivity (Wildman–Crippen MR) is 131 cm³/mol. The third-order valence-electron chi connectivity index (χ3n) is 5.77. The molecule has 1 aliphatic heterocycles. The molecule has 1 amide bonds. The van der Waals surface area contributed by atoms with E-state index < -0.39 is 17.8 Å². The Morgan fingerprint density at radius 2 is 1.85 bits per heavy atom. The average molecular weight is 474 g/mol. The fraction of sp³-hybridized carbons (Fsp3) is 0.148. The number of carbonyl (C=O) groups is 1.